The molecule has 0 fully saturated rings. The summed E-state index contributed by atoms with van der Waals surface area (Å²) in [5.74, 6) is -1.37. The second-order valence-corrected chi connectivity index (χ2v) is 7.92. The van der Waals surface area contributed by atoms with E-state index in [2.05, 4.69) is 21.3 Å². The second-order valence-electron chi connectivity index (χ2n) is 7.05. The Morgan fingerprint density at radius 1 is 0.697 bits per heavy atom. The number of nitrogens with one attached hydrogen (secondary N) is 4. The maximum absolute atomic E-state index is 12.4. The topological polar surface area (TPSA) is 116 Å². The summed E-state index contributed by atoms with van der Waals surface area (Å²) in [4.78, 5) is 49.1. The Kier molecular flexibility index (Phi) is 10.2. The summed E-state index contributed by atoms with van der Waals surface area (Å²) in [6.07, 6.45) is 0.354. The molecule has 0 saturated carbocycles. The molecule has 0 aliphatic heterocycles. The fourth-order valence-electron chi connectivity index (χ4n) is 2.98. The van der Waals surface area contributed by atoms with Gasteiger partial charge < -0.3 is 21.3 Å². The van der Waals surface area contributed by atoms with Crippen LogP contribution in [0.15, 0.2) is 36.4 Å². The molecular weight excluding hydrogens is 467 g/mol. The first-order chi connectivity index (χ1) is 15.7. The van der Waals surface area contributed by atoms with E-state index < -0.39 is 0 Å². The lowest BCUT2D eigenvalue weighted by Gasteiger charge is -2.12. The lowest BCUT2D eigenvalue weighted by Crippen LogP contribution is -2.25. The maximum Gasteiger partial charge on any atom is 0.253 e. The van der Waals surface area contributed by atoms with Crippen molar-refractivity contribution in [1.82, 2.24) is 10.6 Å². The molecule has 2 aromatic carbocycles. The molecule has 0 radical (unpaired) electrons. The number of halogens is 2. The van der Waals surface area contributed by atoms with Gasteiger partial charge in [-0.15, -0.1) is 0 Å². The third-order valence-electron chi connectivity index (χ3n) is 4.48. The number of carbonyl (C=O) groups is 4. The molecule has 0 unspecified atom stereocenters. The normalized spacial score (nSPS) is 10.3. The molecule has 176 valence electrons. The Balaban J connectivity index is 1.94. The van der Waals surface area contributed by atoms with E-state index in [1.807, 2.05) is 0 Å². The van der Waals surface area contributed by atoms with Crippen LogP contribution in [0.25, 0.3) is 0 Å². The molecule has 4 N–H and O–H groups in total. The number of anilines is 2. The van der Waals surface area contributed by atoms with Crippen LogP contribution in [0.3, 0.4) is 0 Å². The Labute approximate surface area is 202 Å². The Morgan fingerprint density at radius 3 is 1.45 bits per heavy atom. The molecule has 4 amide bonds. The summed E-state index contributed by atoms with van der Waals surface area (Å²) in [6.45, 7) is 4.47. The molecule has 0 bridgehead atoms. The average molecular weight is 493 g/mol. The fourth-order valence-corrected chi connectivity index (χ4v) is 3.33. The number of hydrogen-bond donors (Lipinski definition) is 4. The molecule has 0 atom stereocenters. The summed E-state index contributed by atoms with van der Waals surface area (Å²) in [7, 11) is 0. The summed E-state index contributed by atoms with van der Waals surface area (Å²) in [6, 6.07) is 9.20. The zero-order valence-electron chi connectivity index (χ0n) is 18.4. The van der Waals surface area contributed by atoms with E-state index in [1.54, 1.807) is 26.0 Å². The van der Waals surface area contributed by atoms with E-state index in [1.165, 1.54) is 24.3 Å². The molecule has 0 heterocycles. The number of rotatable bonds is 10. The third kappa shape index (κ3) is 8.07. The van der Waals surface area contributed by atoms with Crippen LogP contribution in [-0.2, 0) is 9.59 Å². The zero-order chi connectivity index (χ0) is 24.4. The monoisotopic (exact) mass is 492 g/mol. The van der Waals surface area contributed by atoms with Gasteiger partial charge in [-0.1, -0.05) is 23.2 Å². The minimum Gasteiger partial charge on any atom is -0.352 e. The van der Waals surface area contributed by atoms with E-state index in [-0.39, 0.29) is 42.9 Å². The first-order valence-electron chi connectivity index (χ1n) is 10.5. The lowest BCUT2D eigenvalue weighted by atomic mass is 10.1. The Morgan fingerprint density at radius 2 is 1.09 bits per heavy atom. The molecule has 2 aromatic rings. The van der Waals surface area contributed by atoms with E-state index in [0.29, 0.717) is 45.6 Å². The van der Waals surface area contributed by atoms with Crippen LogP contribution in [0.2, 0.25) is 10.0 Å². The number of benzene rings is 2. The van der Waals surface area contributed by atoms with Crippen LogP contribution in [-0.4, -0.2) is 36.7 Å². The molecular formula is C23H26Cl2N4O4. The first kappa shape index (κ1) is 26.2. The van der Waals surface area contributed by atoms with Crippen molar-refractivity contribution < 1.29 is 19.2 Å². The summed E-state index contributed by atoms with van der Waals surface area (Å²) >= 11 is 12.0. The van der Waals surface area contributed by atoms with Gasteiger partial charge in [-0.05, 0) is 56.7 Å². The van der Waals surface area contributed by atoms with Crippen molar-refractivity contribution in [3.05, 3.63) is 57.6 Å². The zero-order valence-corrected chi connectivity index (χ0v) is 19.9. The summed E-state index contributed by atoms with van der Waals surface area (Å²) in [5, 5.41) is 11.5. The predicted molar refractivity (Wildman–Crippen MR) is 130 cm³/mol. The highest BCUT2D eigenvalue weighted by molar-refractivity contribution is 6.31. The quantitative estimate of drug-likeness (QED) is 0.396. The largest absolute Gasteiger partial charge is 0.352 e. The number of amides is 4. The summed E-state index contributed by atoms with van der Waals surface area (Å²) in [5.41, 5.74) is 1.19. The molecule has 33 heavy (non-hydrogen) atoms. The van der Waals surface area contributed by atoms with E-state index in [0.717, 1.165) is 0 Å². The molecule has 0 aliphatic carbocycles. The highest BCUT2D eigenvalue weighted by Crippen LogP contribution is 2.23. The van der Waals surface area contributed by atoms with Crippen molar-refractivity contribution in [3.63, 3.8) is 0 Å². The molecule has 0 aromatic heterocycles. The van der Waals surface area contributed by atoms with Gasteiger partial charge in [-0.3, -0.25) is 19.2 Å². The van der Waals surface area contributed by atoms with Crippen molar-refractivity contribution in [2.75, 3.05) is 23.7 Å². The van der Waals surface area contributed by atoms with Crippen LogP contribution in [0, 0.1) is 0 Å². The van der Waals surface area contributed by atoms with Gasteiger partial charge in [0, 0.05) is 36.0 Å². The van der Waals surface area contributed by atoms with Crippen molar-refractivity contribution in [2.45, 2.75) is 33.1 Å². The lowest BCUT2D eigenvalue weighted by molar-refractivity contribution is -0.117. The van der Waals surface area contributed by atoms with Gasteiger partial charge in [0.2, 0.25) is 11.8 Å². The maximum atomic E-state index is 12.4. The molecule has 0 spiro atoms. The Hall–Kier alpha value is -3.10. The molecule has 0 aliphatic rings. The third-order valence-corrected chi connectivity index (χ3v) is 4.95. The van der Waals surface area contributed by atoms with Crippen molar-refractivity contribution in [3.8, 4) is 0 Å². The minimum atomic E-state index is -0.360. The molecule has 0 saturated heterocycles. The predicted octanol–water partition coefficient (Wildman–Crippen LogP) is 4.24. The van der Waals surface area contributed by atoms with Gasteiger partial charge in [0.15, 0.2) is 0 Å². The van der Waals surface area contributed by atoms with Crippen LogP contribution in [0.5, 0.6) is 0 Å². The SMILES string of the molecule is CCNC(=O)c1ccc(Cl)cc1NC(=O)CCCC(=O)Nc1cc(Cl)ccc1C(=O)NCC. The Bertz CT molecular complexity index is 962. The van der Waals surface area contributed by atoms with Gasteiger partial charge in [-0.2, -0.15) is 0 Å². The van der Waals surface area contributed by atoms with Crippen molar-refractivity contribution in [1.29, 1.82) is 0 Å². The van der Waals surface area contributed by atoms with Crippen LogP contribution < -0.4 is 21.3 Å². The van der Waals surface area contributed by atoms with E-state index >= 15 is 0 Å². The highest BCUT2D eigenvalue weighted by atomic mass is 35.5. The van der Waals surface area contributed by atoms with E-state index in [4.69, 9.17) is 23.2 Å². The summed E-state index contributed by atoms with van der Waals surface area (Å²) < 4.78 is 0. The molecule has 2 rings (SSSR count). The first-order valence-corrected chi connectivity index (χ1v) is 11.3. The van der Waals surface area contributed by atoms with Crippen LogP contribution in [0.4, 0.5) is 11.4 Å². The number of hydrogen-bond acceptors (Lipinski definition) is 4. The van der Waals surface area contributed by atoms with Crippen LogP contribution in [0.1, 0.15) is 53.8 Å². The minimum absolute atomic E-state index is 0.0491. The van der Waals surface area contributed by atoms with Gasteiger partial charge in [0.25, 0.3) is 11.8 Å². The van der Waals surface area contributed by atoms with Crippen LogP contribution >= 0.6 is 23.2 Å². The van der Waals surface area contributed by atoms with E-state index in [9.17, 15) is 19.2 Å². The fraction of sp³-hybridized carbons (Fsp3) is 0.304. The van der Waals surface area contributed by atoms with Gasteiger partial charge in [0.1, 0.15) is 0 Å². The standard InChI is InChI=1S/C23H26Cl2N4O4/c1-3-26-22(32)16-10-8-14(24)12-18(16)28-20(30)6-5-7-21(31)29-19-13-15(25)9-11-17(19)23(33)27-4-2/h8-13H,3-7H2,1-2H3,(H,26,32)(H,27,33)(H,28,30)(H,29,31). The highest BCUT2D eigenvalue weighted by Gasteiger charge is 2.16. The number of carbonyl (C=O) groups excluding carboxylic acids is 4. The van der Waals surface area contributed by atoms with Gasteiger partial charge >= 0.3 is 0 Å². The smallest absolute Gasteiger partial charge is 0.253 e. The second kappa shape index (κ2) is 12.8. The van der Waals surface area contributed by atoms with Gasteiger partial charge in [0.05, 0.1) is 22.5 Å². The molecule has 8 nitrogen and oxygen atoms in total. The van der Waals surface area contributed by atoms with Crippen molar-refractivity contribution >= 4 is 58.2 Å². The van der Waals surface area contributed by atoms with Crippen molar-refractivity contribution in [2.24, 2.45) is 0 Å². The average Bonchev–Trinajstić information content (AvgIpc) is 2.74. The van der Waals surface area contributed by atoms with Gasteiger partial charge in [-0.25, -0.2) is 0 Å². The molecule has 10 heteroatoms.